The number of aliphatic hydroxyl groups excluding tert-OH is 1. The maximum Gasteiger partial charge on any atom is 0.352 e. The quantitative estimate of drug-likeness (QED) is 0.448. The summed E-state index contributed by atoms with van der Waals surface area (Å²) in [4.78, 5) is 24.9. The summed E-state index contributed by atoms with van der Waals surface area (Å²) in [7, 11) is 0. The summed E-state index contributed by atoms with van der Waals surface area (Å²) in [6, 6.07) is 11.2. The van der Waals surface area contributed by atoms with Crippen LogP contribution < -0.4 is 20.1 Å². The molecular weight excluding hydrogens is 382 g/mol. The molecule has 0 unspecified atom stereocenters. The number of nitriles is 1. The predicted molar refractivity (Wildman–Crippen MR) is 106 cm³/mol. The van der Waals surface area contributed by atoms with Gasteiger partial charge in [0.25, 0.3) is 5.56 Å². The Morgan fingerprint density at radius 2 is 2.07 bits per heavy atom. The van der Waals surface area contributed by atoms with Crippen molar-refractivity contribution in [1.82, 2.24) is 4.57 Å². The number of aliphatic hydroxyl groups is 1. The highest BCUT2D eigenvalue weighted by molar-refractivity contribution is 7.07. The molecule has 0 radical (unpaired) electrons. The molecule has 28 heavy (non-hydrogen) atoms. The molecule has 2 rings (SSSR count). The Morgan fingerprint density at radius 1 is 1.32 bits per heavy atom. The van der Waals surface area contributed by atoms with E-state index in [1.165, 1.54) is 4.57 Å². The number of hydrogen-bond acceptors (Lipinski definition) is 8. The SMILES string of the molecule is CCn1c(=C(C#N)C(=O)OCCOCCO)sc(=CNc2ccccc2)c1=O. The summed E-state index contributed by atoms with van der Waals surface area (Å²) < 4.78 is 12.0. The Labute approximate surface area is 165 Å². The summed E-state index contributed by atoms with van der Waals surface area (Å²) in [6.45, 7) is 2.13. The second-order valence-corrected chi connectivity index (χ2v) is 6.46. The number of thiazole rings is 1. The van der Waals surface area contributed by atoms with Crippen molar-refractivity contribution in [2.45, 2.75) is 13.5 Å². The first kappa shape index (κ1) is 21.4. The first-order valence-corrected chi connectivity index (χ1v) is 9.45. The van der Waals surface area contributed by atoms with Crippen molar-refractivity contribution in [2.75, 3.05) is 31.7 Å². The van der Waals surface area contributed by atoms with E-state index < -0.39 is 5.97 Å². The Bertz CT molecular complexity index is 1000. The summed E-state index contributed by atoms with van der Waals surface area (Å²) in [5.41, 5.74) is 0.287. The summed E-state index contributed by atoms with van der Waals surface area (Å²) in [5, 5.41) is 21.1. The molecule has 0 aliphatic carbocycles. The molecule has 0 saturated carbocycles. The molecule has 2 aromatic rings. The fourth-order valence-corrected chi connectivity index (χ4v) is 3.37. The third-order valence-electron chi connectivity index (χ3n) is 3.59. The molecule has 9 heteroatoms. The van der Waals surface area contributed by atoms with Gasteiger partial charge in [-0.25, -0.2) is 4.79 Å². The smallest absolute Gasteiger partial charge is 0.352 e. The van der Waals surface area contributed by atoms with Crippen LogP contribution in [-0.4, -0.2) is 42.1 Å². The maximum absolute atomic E-state index is 12.6. The number of rotatable bonds is 9. The van der Waals surface area contributed by atoms with Crippen LogP contribution in [0.15, 0.2) is 35.1 Å². The van der Waals surface area contributed by atoms with Gasteiger partial charge in [-0.2, -0.15) is 5.26 Å². The van der Waals surface area contributed by atoms with Crippen LogP contribution in [0.3, 0.4) is 0 Å². The summed E-state index contributed by atoms with van der Waals surface area (Å²) in [6.07, 6.45) is 1.56. The lowest BCUT2D eigenvalue weighted by Gasteiger charge is -2.04. The maximum atomic E-state index is 12.6. The second-order valence-electron chi connectivity index (χ2n) is 5.43. The topological polar surface area (TPSA) is 114 Å². The number of carbonyl (C=O) groups is 1. The zero-order chi connectivity index (χ0) is 20.4. The lowest BCUT2D eigenvalue weighted by Crippen LogP contribution is -2.32. The number of hydrogen-bond donors (Lipinski definition) is 2. The molecular formula is C19H21N3O5S. The molecule has 0 amide bonds. The fourth-order valence-electron chi connectivity index (χ4n) is 2.29. The van der Waals surface area contributed by atoms with Gasteiger partial charge in [0.1, 0.15) is 21.9 Å². The van der Waals surface area contributed by atoms with Crippen LogP contribution in [0.4, 0.5) is 5.69 Å². The lowest BCUT2D eigenvalue weighted by atomic mass is 10.3. The van der Waals surface area contributed by atoms with E-state index in [2.05, 4.69) is 5.32 Å². The van der Waals surface area contributed by atoms with Gasteiger partial charge in [0.2, 0.25) is 0 Å². The van der Waals surface area contributed by atoms with E-state index in [0.717, 1.165) is 17.0 Å². The molecule has 0 fully saturated rings. The molecule has 1 aromatic heterocycles. The Kier molecular flexibility index (Phi) is 8.42. The second kappa shape index (κ2) is 11.0. The van der Waals surface area contributed by atoms with Crippen molar-refractivity contribution in [3.63, 3.8) is 0 Å². The minimum Gasteiger partial charge on any atom is -0.459 e. The van der Waals surface area contributed by atoms with Gasteiger partial charge in [0, 0.05) is 18.4 Å². The third kappa shape index (κ3) is 5.53. The van der Waals surface area contributed by atoms with Crippen LogP contribution in [0.5, 0.6) is 0 Å². The van der Waals surface area contributed by atoms with Crippen LogP contribution in [0, 0.1) is 11.3 Å². The van der Waals surface area contributed by atoms with Crippen LogP contribution in [-0.2, 0) is 20.8 Å². The number of esters is 1. The van der Waals surface area contributed by atoms with Gasteiger partial charge in [-0.1, -0.05) is 18.2 Å². The highest BCUT2D eigenvalue weighted by Gasteiger charge is 2.16. The van der Waals surface area contributed by atoms with E-state index >= 15 is 0 Å². The first-order chi connectivity index (χ1) is 13.6. The van der Waals surface area contributed by atoms with E-state index in [1.807, 2.05) is 36.4 Å². The van der Waals surface area contributed by atoms with Gasteiger partial charge in [-0.05, 0) is 19.1 Å². The minimum atomic E-state index is -0.818. The highest BCUT2D eigenvalue weighted by Crippen LogP contribution is 2.04. The number of anilines is 1. The van der Waals surface area contributed by atoms with Gasteiger partial charge >= 0.3 is 5.97 Å². The Hall–Kier alpha value is -2.93. The number of nitrogens with zero attached hydrogens (tertiary/aromatic N) is 2. The largest absolute Gasteiger partial charge is 0.459 e. The number of para-hydroxylation sites is 1. The van der Waals surface area contributed by atoms with Crippen molar-refractivity contribution in [2.24, 2.45) is 0 Å². The van der Waals surface area contributed by atoms with Crippen LogP contribution in [0.2, 0.25) is 0 Å². The third-order valence-corrected chi connectivity index (χ3v) is 4.72. The first-order valence-electron chi connectivity index (χ1n) is 8.64. The molecule has 1 aromatic carbocycles. The molecule has 0 bridgehead atoms. The Balaban J connectivity index is 2.32. The summed E-state index contributed by atoms with van der Waals surface area (Å²) >= 11 is 1.05. The monoisotopic (exact) mass is 403 g/mol. The zero-order valence-corrected chi connectivity index (χ0v) is 16.2. The summed E-state index contributed by atoms with van der Waals surface area (Å²) in [5.74, 6) is -0.818. The molecule has 0 saturated heterocycles. The van der Waals surface area contributed by atoms with Gasteiger partial charge in [0.15, 0.2) is 5.57 Å². The van der Waals surface area contributed by atoms with Crippen molar-refractivity contribution < 1.29 is 19.4 Å². The Morgan fingerprint density at radius 3 is 2.71 bits per heavy atom. The number of benzene rings is 1. The zero-order valence-electron chi connectivity index (χ0n) is 15.4. The van der Waals surface area contributed by atoms with E-state index in [0.29, 0.717) is 11.1 Å². The minimum absolute atomic E-state index is 0.0553. The van der Waals surface area contributed by atoms with Crippen molar-refractivity contribution in [1.29, 1.82) is 5.26 Å². The normalized spacial score (nSPS) is 12.4. The predicted octanol–water partition coefficient (Wildman–Crippen LogP) is 0.00618. The molecule has 0 aliphatic rings. The molecule has 8 nitrogen and oxygen atoms in total. The van der Waals surface area contributed by atoms with Gasteiger partial charge < -0.3 is 19.9 Å². The number of carbonyl (C=O) groups excluding carboxylic acids is 1. The van der Waals surface area contributed by atoms with Gasteiger partial charge in [-0.15, -0.1) is 11.3 Å². The molecule has 0 spiro atoms. The lowest BCUT2D eigenvalue weighted by molar-refractivity contribution is -0.138. The van der Waals surface area contributed by atoms with Crippen LogP contribution in [0.25, 0.3) is 11.8 Å². The molecule has 0 aliphatic heterocycles. The molecule has 2 N–H and O–H groups in total. The molecule has 0 atom stereocenters. The number of aromatic nitrogens is 1. The van der Waals surface area contributed by atoms with E-state index in [9.17, 15) is 14.9 Å². The van der Waals surface area contributed by atoms with Crippen molar-refractivity contribution in [3.8, 4) is 6.07 Å². The standard InChI is InChI=1S/C19H21N3O5S/c1-2-22-17(24)16(13-21-14-6-4-3-5-7-14)28-18(22)15(12-20)19(25)27-11-10-26-9-8-23/h3-7,13,21,23H,2,8-11H2,1H3. The van der Waals surface area contributed by atoms with Crippen LogP contribution >= 0.6 is 11.3 Å². The average Bonchev–Trinajstić information content (AvgIpc) is 3.02. The van der Waals surface area contributed by atoms with E-state index in [4.69, 9.17) is 14.6 Å². The fraction of sp³-hybridized carbons (Fsp3) is 0.316. The van der Waals surface area contributed by atoms with Crippen molar-refractivity contribution >= 4 is 34.8 Å². The average molecular weight is 403 g/mol. The van der Waals surface area contributed by atoms with E-state index in [-0.39, 0.29) is 42.2 Å². The van der Waals surface area contributed by atoms with E-state index in [1.54, 1.807) is 13.1 Å². The van der Waals surface area contributed by atoms with Crippen LogP contribution in [0.1, 0.15) is 6.92 Å². The molecule has 1 heterocycles. The molecule has 148 valence electrons. The number of nitrogens with one attached hydrogen (secondary N) is 1. The van der Waals surface area contributed by atoms with Crippen molar-refractivity contribution in [3.05, 3.63) is 49.9 Å². The highest BCUT2D eigenvalue weighted by atomic mass is 32.1. The van der Waals surface area contributed by atoms with Gasteiger partial charge in [-0.3, -0.25) is 9.36 Å². The number of ether oxygens (including phenoxy) is 2. The van der Waals surface area contributed by atoms with Gasteiger partial charge in [0.05, 0.1) is 19.8 Å².